The summed E-state index contributed by atoms with van der Waals surface area (Å²) in [6, 6.07) is 14.4. The Kier molecular flexibility index (Phi) is 3.21. The lowest BCUT2D eigenvalue weighted by Crippen LogP contribution is -2.33. The standard InChI is InChI=1S/C20H17FN2O3/c21-20(19(24)23-25)16(11-4-2-1-3-5-11)17(20)13-8-9-14-15(10-13)26-18(22-14)12-6-7-12/h1-5,8-10,12,16-17,25H,6-7H2,(H,23,24)/t16-,17-,20+/m1/s1. The van der Waals surface area contributed by atoms with E-state index < -0.39 is 23.4 Å². The van der Waals surface area contributed by atoms with Gasteiger partial charge in [0.25, 0.3) is 5.91 Å². The van der Waals surface area contributed by atoms with Gasteiger partial charge in [0, 0.05) is 17.8 Å². The third-order valence-electron chi connectivity index (χ3n) is 5.45. The van der Waals surface area contributed by atoms with Gasteiger partial charge in [-0.2, -0.15) is 0 Å². The van der Waals surface area contributed by atoms with Crippen LogP contribution < -0.4 is 5.48 Å². The van der Waals surface area contributed by atoms with Crippen molar-refractivity contribution in [2.45, 2.75) is 36.3 Å². The molecule has 0 aliphatic heterocycles. The summed E-state index contributed by atoms with van der Waals surface area (Å²) in [4.78, 5) is 16.5. The molecule has 132 valence electrons. The number of halogens is 1. The molecule has 0 saturated heterocycles. The van der Waals surface area contributed by atoms with Crippen molar-refractivity contribution in [2.24, 2.45) is 0 Å². The number of amides is 1. The minimum atomic E-state index is -2.19. The molecule has 1 heterocycles. The van der Waals surface area contributed by atoms with Gasteiger partial charge < -0.3 is 4.42 Å². The number of benzene rings is 2. The fourth-order valence-electron chi connectivity index (χ4n) is 3.91. The smallest absolute Gasteiger partial charge is 0.282 e. The normalized spacial score (nSPS) is 27.5. The van der Waals surface area contributed by atoms with E-state index in [9.17, 15) is 4.79 Å². The van der Waals surface area contributed by atoms with Crippen LogP contribution in [0.15, 0.2) is 52.9 Å². The van der Waals surface area contributed by atoms with Gasteiger partial charge in [0.1, 0.15) is 5.52 Å². The number of nitrogens with one attached hydrogen (secondary N) is 1. The number of oxazole rings is 1. The number of nitrogens with zero attached hydrogens (tertiary/aromatic N) is 1. The zero-order valence-corrected chi connectivity index (χ0v) is 13.9. The summed E-state index contributed by atoms with van der Waals surface area (Å²) < 4.78 is 21.3. The summed E-state index contributed by atoms with van der Waals surface area (Å²) in [5.41, 5.74) is 2.02. The third-order valence-corrected chi connectivity index (χ3v) is 5.45. The van der Waals surface area contributed by atoms with Crippen molar-refractivity contribution in [2.75, 3.05) is 0 Å². The van der Waals surface area contributed by atoms with Crippen molar-refractivity contribution in [1.29, 1.82) is 0 Å². The molecule has 3 aromatic rings. The Labute approximate surface area is 148 Å². The van der Waals surface area contributed by atoms with Gasteiger partial charge in [-0.1, -0.05) is 36.4 Å². The summed E-state index contributed by atoms with van der Waals surface area (Å²) in [7, 11) is 0. The van der Waals surface area contributed by atoms with Crippen molar-refractivity contribution >= 4 is 17.0 Å². The van der Waals surface area contributed by atoms with Crippen molar-refractivity contribution in [1.82, 2.24) is 10.5 Å². The van der Waals surface area contributed by atoms with E-state index in [1.54, 1.807) is 30.3 Å². The first kappa shape index (κ1) is 15.5. The molecule has 2 aliphatic rings. The van der Waals surface area contributed by atoms with Crippen LogP contribution in [0.4, 0.5) is 4.39 Å². The SMILES string of the molecule is O=C(NO)[C@]1(F)[C@H](c2ccccc2)[C@H]1c1ccc2nc(C3CC3)oc2c1. The van der Waals surface area contributed by atoms with Gasteiger partial charge in [-0.3, -0.25) is 10.0 Å². The topological polar surface area (TPSA) is 75.4 Å². The summed E-state index contributed by atoms with van der Waals surface area (Å²) in [6.45, 7) is 0. The number of carbonyl (C=O) groups is 1. The molecule has 26 heavy (non-hydrogen) atoms. The Morgan fingerprint density at radius 2 is 1.88 bits per heavy atom. The second-order valence-electron chi connectivity index (χ2n) is 7.13. The van der Waals surface area contributed by atoms with Crippen molar-refractivity contribution in [3.63, 3.8) is 0 Å². The Bertz CT molecular complexity index is 999. The fourth-order valence-corrected chi connectivity index (χ4v) is 3.91. The molecule has 5 nitrogen and oxygen atoms in total. The average Bonchev–Trinajstić information content (AvgIpc) is 3.57. The van der Waals surface area contributed by atoms with Gasteiger partial charge >= 0.3 is 0 Å². The number of aromatic nitrogens is 1. The van der Waals surface area contributed by atoms with E-state index in [4.69, 9.17) is 9.62 Å². The van der Waals surface area contributed by atoms with Crippen LogP contribution in [0.2, 0.25) is 0 Å². The van der Waals surface area contributed by atoms with Crippen LogP contribution in [0.1, 0.15) is 47.6 Å². The molecular weight excluding hydrogens is 335 g/mol. The van der Waals surface area contributed by atoms with Crippen molar-refractivity contribution in [3.8, 4) is 0 Å². The van der Waals surface area contributed by atoms with Gasteiger partial charge in [0.15, 0.2) is 11.5 Å². The first-order valence-electron chi connectivity index (χ1n) is 8.71. The molecule has 2 aromatic carbocycles. The molecule has 2 saturated carbocycles. The maximum Gasteiger partial charge on any atom is 0.282 e. The Hall–Kier alpha value is -2.73. The lowest BCUT2D eigenvalue weighted by Gasteiger charge is -2.05. The summed E-state index contributed by atoms with van der Waals surface area (Å²) in [6.07, 6.45) is 2.17. The lowest BCUT2D eigenvalue weighted by molar-refractivity contribution is -0.136. The highest BCUT2D eigenvalue weighted by Gasteiger charge is 2.72. The molecule has 2 fully saturated rings. The molecule has 3 atom stereocenters. The molecule has 2 aliphatic carbocycles. The van der Waals surface area contributed by atoms with Gasteiger partial charge in [0.2, 0.25) is 5.67 Å². The molecule has 6 heteroatoms. The molecule has 0 unspecified atom stereocenters. The number of hydroxylamine groups is 1. The third kappa shape index (κ3) is 2.18. The monoisotopic (exact) mass is 352 g/mol. The molecule has 1 amide bonds. The predicted octanol–water partition coefficient (Wildman–Crippen LogP) is 3.80. The number of hydrogen-bond donors (Lipinski definition) is 2. The zero-order valence-electron chi connectivity index (χ0n) is 13.9. The highest BCUT2D eigenvalue weighted by Crippen LogP contribution is 2.66. The van der Waals surface area contributed by atoms with Crippen LogP contribution in [-0.2, 0) is 4.79 Å². The number of rotatable bonds is 4. The Morgan fingerprint density at radius 3 is 2.58 bits per heavy atom. The van der Waals surface area contributed by atoms with E-state index in [0.29, 0.717) is 17.1 Å². The number of carbonyl (C=O) groups excluding carboxylic acids is 1. The van der Waals surface area contributed by atoms with Crippen LogP contribution in [0, 0.1) is 0 Å². The van der Waals surface area contributed by atoms with Gasteiger partial charge in [-0.25, -0.2) is 14.9 Å². The Morgan fingerprint density at radius 1 is 1.15 bits per heavy atom. The molecule has 0 bridgehead atoms. The van der Waals surface area contributed by atoms with Gasteiger partial charge in [0.05, 0.1) is 0 Å². The molecule has 0 radical (unpaired) electrons. The number of hydrogen-bond acceptors (Lipinski definition) is 4. The van der Waals surface area contributed by atoms with Crippen LogP contribution in [-0.4, -0.2) is 21.8 Å². The zero-order chi connectivity index (χ0) is 17.9. The fraction of sp³-hybridized carbons (Fsp3) is 0.300. The first-order valence-corrected chi connectivity index (χ1v) is 8.71. The first-order chi connectivity index (χ1) is 12.6. The van der Waals surface area contributed by atoms with Crippen LogP contribution in [0.25, 0.3) is 11.1 Å². The minimum absolute atomic E-state index is 0.393. The molecule has 0 spiro atoms. The van der Waals surface area contributed by atoms with Crippen LogP contribution in [0.3, 0.4) is 0 Å². The van der Waals surface area contributed by atoms with E-state index in [1.165, 1.54) is 5.48 Å². The molecule has 1 aromatic heterocycles. The van der Waals surface area contributed by atoms with E-state index in [0.717, 1.165) is 29.8 Å². The quantitative estimate of drug-likeness (QED) is 0.553. The van der Waals surface area contributed by atoms with Gasteiger partial charge in [-0.15, -0.1) is 0 Å². The van der Waals surface area contributed by atoms with Crippen molar-refractivity contribution < 1.29 is 18.8 Å². The average molecular weight is 352 g/mol. The van der Waals surface area contributed by atoms with E-state index in [2.05, 4.69) is 4.98 Å². The summed E-state index contributed by atoms with van der Waals surface area (Å²) in [5.74, 6) is -1.24. The van der Waals surface area contributed by atoms with Gasteiger partial charge in [-0.05, 0) is 36.1 Å². The summed E-state index contributed by atoms with van der Waals surface area (Å²) in [5, 5.41) is 9.01. The van der Waals surface area contributed by atoms with Crippen LogP contribution >= 0.6 is 0 Å². The highest BCUT2D eigenvalue weighted by molar-refractivity contribution is 5.92. The largest absolute Gasteiger partial charge is 0.440 e. The number of alkyl halides is 1. The molecule has 2 N–H and O–H groups in total. The minimum Gasteiger partial charge on any atom is -0.440 e. The lowest BCUT2D eigenvalue weighted by atomic mass is 10.0. The molecular formula is C20H17FN2O3. The second-order valence-corrected chi connectivity index (χ2v) is 7.13. The number of fused-ring (bicyclic) bond motifs is 1. The van der Waals surface area contributed by atoms with E-state index in [-0.39, 0.29) is 0 Å². The second kappa shape index (κ2) is 5.38. The van der Waals surface area contributed by atoms with E-state index >= 15 is 4.39 Å². The van der Waals surface area contributed by atoms with E-state index in [1.807, 2.05) is 18.2 Å². The molecule has 5 rings (SSSR count). The summed E-state index contributed by atoms with van der Waals surface area (Å²) >= 11 is 0. The maximum absolute atomic E-state index is 15.5. The Balaban J connectivity index is 1.56. The van der Waals surface area contributed by atoms with Crippen LogP contribution in [0.5, 0.6) is 0 Å². The predicted molar refractivity (Wildman–Crippen MR) is 91.7 cm³/mol. The maximum atomic E-state index is 15.5. The van der Waals surface area contributed by atoms with Crippen molar-refractivity contribution in [3.05, 3.63) is 65.5 Å². The highest BCUT2D eigenvalue weighted by atomic mass is 19.1.